The van der Waals surface area contributed by atoms with Crippen LogP contribution in [0.4, 0.5) is 19.7 Å². The molecule has 0 aromatic heterocycles. The summed E-state index contributed by atoms with van der Waals surface area (Å²) < 4.78 is 46.6. The van der Waals surface area contributed by atoms with Gasteiger partial charge in [-0.2, -0.15) is 0 Å². The highest BCUT2D eigenvalue weighted by Gasteiger charge is 2.65. The Balaban J connectivity index is 1.39. The Morgan fingerprint density at radius 1 is 0.944 bits per heavy atom. The second kappa shape index (κ2) is 25.5. The molecule has 0 spiro atoms. The van der Waals surface area contributed by atoms with Crippen LogP contribution in [0.3, 0.4) is 0 Å². The molecule has 17 heteroatoms. The molecule has 71 heavy (non-hydrogen) atoms. The molecule has 2 amide bonds. The van der Waals surface area contributed by atoms with Crippen molar-refractivity contribution in [3.05, 3.63) is 160 Å². The number of hydrogen-bond acceptors (Lipinski definition) is 13. The van der Waals surface area contributed by atoms with Gasteiger partial charge in [0.05, 0.1) is 36.4 Å². The third kappa shape index (κ3) is 13.0. The summed E-state index contributed by atoms with van der Waals surface area (Å²) in [6.07, 6.45) is 6.31. The molecule has 2 aliphatic carbocycles. The zero-order valence-corrected chi connectivity index (χ0v) is 40.0. The van der Waals surface area contributed by atoms with E-state index in [1.807, 2.05) is 36.4 Å². The molecule has 0 bridgehead atoms. The molecule has 3 N–H and O–H groups in total. The van der Waals surface area contributed by atoms with Gasteiger partial charge in [-0.3, -0.25) is 15.0 Å². The molecule has 6 atom stereocenters. The van der Waals surface area contributed by atoms with Crippen molar-refractivity contribution < 1.29 is 57.6 Å². The summed E-state index contributed by atoms with van der Waals surface area (Å²) >= 11 is 0. The second-order valence-electron chi connectivity index (χ2n) is 17.8. The molecule has 4 aromatic carbocycles. The molecule has 7 rings (SSSR count). The maximum absolute atomic E-state index is 15.0. The van der Waals surface area contributed by atoms with Crippen LogP contribution < -0.4 is 14.8 Å². The number of oxime groups is 1. The van der Waals surface area contributed by atoms with Crippen molar-refractivity contribution in [3.63, 3.8) is 0 Å². The summed E-state index contributed by atoms with van der Waals surface area (Å²) in [7, 11) is 0. The molecule has 378 valence electrons. The number of hydrogen-bond donors (Lipinski definition) is 3. The fourth-order valence-electron chi connectivity index (χ4n) is 10.0. The Morgan fingerprint density at radius 2 is 1.66 bits per heavy atom. The molecule has 0 radical (unpaired) electrons. The first-order valence-electron chi connectivity index (χ1n) is 24.3. The summed E-state index contributed by atoms with van der Waals surface area (Å²) in [6.45, 7) is 6.33. The highest BCUT2D eigenvalue weighted by molar-refractivity contribution is 6.03. The van der Waals surface area contributed by atoms with E-state index >= 15 is 0 Å². The van der Waals surface area contributed by atoms with E-state index in [0.717, 1.165) is 16.7 Å². The highest BCUT2D eigenvalue weighted by atomic mass is 19.1. The van der Waals surface area contributed by atoms with Gasteiger partial charge >= 0.3 is 12.2 Å². The number of nitro groups is 1. The molecular weight excluding hydrogens is 916 g/mol. The lowest BCUT2D eigenvalue weighted by Crippen LogP contribution is -2.70. The van der Waals surface area contributed by atoms with Crippen molar-refractivity contribution in [2.45, 2.75) is 89.4 Å². The molecule has 0 saturated heterocycles. The van der Waals surface area contributed by atoms with Crippen LogP contribution >= 0.6 is 0 Å². The number of allylic oxidation sites excluding steroid dienone is 1. The third-order valence-corrected chi connectivity index (χ3v) is 13.2. The van der Waals surface area contributed by atoms with Gasteiger partial charge in [-0.1, -0.05) is 72.6 Å². The number of non-ortho nitro benzene ring substituents is 1. The van der Waals surface area contributed by atoms with Gasteiger partial charge in [0.15, 0.2) is 0 Å². The molecular formula is C54H63FN4O12. The number of benzene rings is 4. The number of nitrogens with one attached hydrogen (secondary N) is 1. The molecule has 1 heterocycles. The minimum absolute atomic E-state index is 0.00355. The van der Waals surface area contributed by atoms with Crippen LogP contribution in [0.2, 0.25) is 0 Å². The van der Waals surface area contributed by atoms with Gasteiger partial charge in [-0.25, -0.2) is 14.0 Å². The van der Waals surface area contributed by atoms with E-state index in [9.17, 15) is 34.3 Å². The van der Waals surface area contributed by atoms with Crippen molar-refractivity contribution in [3.8, 4) is 11.5 Å². The van der Waals surface area contributed by atoms with E-state index in [4.69, 9.17) is 33.7 Å². The largest absolute Gasteiger partial charge is 0.459 e. The fourth-order valence-corrected chi connectivity index (χ4v) is 10.0. The summed E-state index contributed by atoms with van der Waals surface area (Å²) in [6, 6.07) is 25.6. The molecule has 6 unspecified atom stereocenters. The highest BCUT2D eigenvalue weighted by Crippen LogP contribution is 2.62. The zero-order valence-electron chi connectivity index (χ0n) is 40.0. The maximum atomic E-state index is 15.0. The van der Waals surface area contributed by atoms with Gasteiger partial charge in [-0.05, 0) is 109 Å². The topological polar surface area (TPSA) is 201 Å². The molecule has 3 aliphatic rings. The van der Waals surface area contributed by atoms with Crippen molar-refractivity contribution in [1.82, 2.24) is 10.2 Å². The lowest BCUT2D eigenvalue weighted by Gasteiger charge is -2.59. The number of fused-ring (bicyclic) bond motifs is 2. The van der Waals surface area contributed by atoms with Crippen molar-refractivity contribution in [1.29, 1.82) is 0 Å². The number of aliphatic hydroxyl groups excluding tert-OH is 2. The Labute approximate surface area is 413 Å². The van der Waals surface area contributed by atoms with Crippen LogP contribution in [0.1, 0.15) is 80.0 Å². The molecule has 4 aromatic rings. The number of carbonyl (C=O) groups excluding carboxylic acids is 2. The van der Waals surface area contributed by atoms with Crippen LogP contribution in [0.5, 0.6) is 11.5 Å². The SMILES string of the molecule is C=CCOC12Oc3ccc(OC(=O)NCC)cc3C3C(CCCCO)C(CCCCO)C=C(C(=NOCc4ccc([N+](=O)[O-])cc4)CC1N(Cc1ccc(F)cc1)C(=O)OCCOCc1ccccc1)C32. The standard InChI is InChI=1S/C54H63FN4O12/c1-3-28-68-54-49(58(34-37-16-20-41(55)21-17-37)53(63)67-30-29-66-35-38-12-6-5-7-13-38)33-47(57-69-36-39-18-22-42(23-19-39)59(64)65)45-31-40(14-8-10-26-60)44(15-9-11-27-61)50(51(45)54)46-32-43(24-25-48(46)71-54)70-52(62)56-4-2/h3,5-7,12-13,16-25,31-32,40,44,49-51,60-61H,1,4,8-11,14-15,26-30,33-36H2,2H3,(H,56,62). The first-order valence-corrected chi connectivity index (χ1v) is 24.3. The van der Waals surface area contributed by atoms with Gasteiger partial charge in [0.1, 0.15) is 36.6 Å². The summed E-state index contributed by atoms with van der Waals surface area (Å²) in [5, 5.41) is 38.9. The Hall–Kier alpha value is -6.66. The van der Waals surface area contributed by atoms with Gasteiger partial charge in [-0.15, -0.1) is 6.58 Å². The predicted octanol–water partition coefficient (Wildman–Crippen LogP) is 9.53. The minimum atomic E-state index is -1.68. The van der Waals surface area contributed by atoms with Crippen LogP contribution in [-0.2, 0) is 38.8 Å². The summed E-state index contributed by atoms with van der Waals surface area (Å²) in [5.74, 6) is -2.81. The van der Waals surface area contributed by atoms with Gasteiger partial charge in [0.2, 0.25) is 5.79 Å². The number of halogens is 1. The predicted molar refractivity (Wildman–Crippen MR) is 262 cm³/mol. The van der Waals surface area contributed by atoms with Gasteiger partial charge in [0.25, 0.3) is 5.69 Å². The zero-order chi connectivity index (χ0) is 50.2. The number of unbranched alkanes of at least 4 members (excludes halogenated alkanes) is 2. The molecule has 1 saturated carbocycles. The Kier molecular flexibility index (Phi) is 18.7. The number of nitro benzene ring substituents is 1. The second-order valence-corrected chi connectivity index (χ2v) is 17.8. The molecule has 1 aliphatic heterocycles. The van der Waals surface area contributed by atoms with Crippen LogP contribution in [0.25, 0.3) is 0 Å². The van der Waals surface area contributed by atoms with Crippen molar-refractivity contribution in [2.24, 2.45) is 22.9 Å². The van der Waals surface area contributed by atoms with Crippen LogP contribution in [-0.4, -0.2) is 89.3 Å². The van der Waals surface area contributed by atoms with Crippen LogP contribution in [0, 0.1) is 33.7 Å². The molecule has 1 fully saturated rings. The Bertz CT molecular complexity index is 2470. The first-order chi connectivity index (χ1) is 34.6. The smallest absolute Gasteiger partial charge is 0.412 e. The average molecular weight is 979 g/mol. The lowest BCUT2D eigenvalue weighted by atomic mass is 9.55. The monoisotopic (exact) mass is 978 g/mol. The van der Waals surface area contributed by atoms with E-state index < -0.39 is 46.6 Å². The number of amides is 2. The normalized spacial score (nSPS) is 21.4. The number of ether oxygens (including phenoxy) is 5. The minimum Gasteiger partial charge on any atom is -0.459 e. The number of carbonyl (C=O) groups is 2. The van der Waals surface area contributed by atoms with Crippen LogP contribution in [0.15, 0.2) is 127 Å². The number of nitrogens with zero attached hydrogens (tertiary/aromatic N) is 3. The lowest BCUT2D eigenvalue weighted by molar-refractivity contribution is -0.384. The third-order valence-electron chi connectivity index (χ3n) is 13.2. The number of rotatable bonds is 25. The van der Waals surface area contributed by atoms with E-state index in [1.54, 1.807) is 49.4 Å². The number of aliphatic hydroxyl groups is 2. The first kappa shape index (κ1) is 52.2. The summed E-state index contributed by atoms with van der Waals surface area (Å²) in [4.78, 5) is 46.5. The van der Waals surface area contributed by atoms with Crippen molar-refractivity contribution >= 4 is 23.6 Å². The van der Waals surface area contributed by atoms with Gasteiger partial charge < -0.3 is 44.1 Å². The van der Waals surface area contributed by atoms with E-state index in [0.29, 0.717) is 74.3 Å². The quantitative estimate of drug-likeness (QED) is 0.0246. The Morgan fingerprint density at radius 3 is 2.37 bits per heavy atom. The average Bonchev–Trinajstić information content (AvgIpc) is 3.37. The van der Waals surface area contributed by atoms with E-state index in [2.05, 4.69) is 18.0 Å². The fraction of sp³-hybridized carbons (Fsp3) is 0.426. The van der Waals surface area contributed by atoms with E-state index in [1.165, 1.54) is 29.2 Å². The van der Waals surface area contributed by atoms with Gasteiger partial charge in [0, 0.05) is 56.3 Å². The molecule has 16 nitrogen and oxygen atoms in total. The summed E-state index contributed by atoms with van der Waals surface area (Å²) in [5.41, 5.74) is 4.06. The van der Waals surface area contributed by atoms with Crippen molar-refractivity contribution in [2.75, 3.05) is 39.6 Å². The van der Waals surface area contributed by atoms with E-state index in [-0.39, 0.29) is 75.9 Å². The maximum Gasteiger partial charge on any atom is 0.412 e.